The summed E-state index contributed by atoms with van der Waals surface area (Å²) in [5.41, 5.74) is 0. The Hall–Kier alpha value is -2.82. The van der Waals surface area contributed by atoms with Crippen LogP contribution in [0.5, 0.6) is 0 Å². The molecule has 0 fully saturated rings. The predicted octanol–water partition coefficient (Wildman–Crippen LogP) is 6.65. The van der Waals surface area contributed by atoms with Gasteiger partial charge in [0.1, 0.15) is 0 Å². The lowest BCUT2D eigenvalue weighted by Crippen LogP contribution is -2.33. The van der Waals surface area contributed by atoms with Crippen LogP contribution in [-0.4, -0.2) is 21.1 Å². The van der Waals surface area contributed by atoms with Gasteiger partial charge in [-0.25, -0.2) is 0 Å². The third kappa shape index (κ3) is 7.15. The highest BCUT2D eigenvalue weighted by molar-refractivity contribution is 7.73. The van der Waals surface area contributed by atoms with Crippen LogP contribution in [0.4, 0.5) is 0 Å². The van der Waals surface area contributed by atoms with Gasteiger partial charge in [-0.05, 0) is 49.4 Å². The second-order valence-electron chi connectivity index (χ2n) is 9.12. The van der Waals surface area contributed by atoms with Gasteiger partial charge in [0.05, 0.1) is 8.80 Å². The maximum absolute atomic E-state index is 2.38. The molecular formula is C34H33P2Si. The van der Waals surface area contributed by atoms with Crippen LogP contribution in [-0.2, 0) is 0 Å². The molecule has 183 valence electrons. The fourth-order valence-corrected chi connectivity index (χ4v) is 14.0. The molecule has 1 radical (unpaired) electrons. The zero-order valence-corrected chi connectivity index (χ0v) is 23.9. The summed E-state index contributed by atoms with van der Waals surface area (Å²) in [6, 6.07) is 58.8. The normalized spacial score (nSPS) is 11.3. The molecule has 3 heteroatoms. The van der Waals surface area contributed by atoms with Crippen molar-refractivity contribution < 1.29 is 0 Å². The van der Waals surface area contributed by atoms with Crippen LogP contribution < -0.4 is 26.4 Å². The molecule has 0 unspecified atom stereocenters. The molecule has 0 aliphatic rings. The molecule has 5 aromatic carbocycles. The lowest BCUT2D eigenvalue weighted by molar-refractivity contribution is 1.34. The van der Waals surface area contributed by atoms with E-state index < -0.39 is 8.80 Å². The van der Waals surface area contributed by atoms with Crippen molar-refractivity contribution in [3.63, 3.8) is 0 Å². The van der Waals surface area contributed by atoms with Crippen molar-refractivity contribution in [3.05, 3.63) is 152 Å². The topological polar surface area (TPSA) is 0 Å². The first-order chi connectivity index (χ1) is 18.4. The largest absolute Gasteiger partial charge is 0.0863 e. The standard InChI is InChI=1S/C34H33P2Si/c1-6-16-30(17-7-1)35(31-18-8-2-9-19-31)26-28-37(34-24-14-5-15-25-34)29-27-36(32-20-10-3-11-21-32)33-22-12-4-13-23-33/h1-25H,26-29H2. The number of hydrogen-bond donors (Lipinski definition) is 0. The first kappa shape index (κ1) is 25.8. The van der Waals surface area contributed by atoms with E-state index in [9.17, 15) is 0 Å². The summed E-state index contributed by atoms with van der Waals surface area (Å²) in [6.45, 7) is 0. The van der Waals surface area contributed by atoms with Gasteiger partial charge in [-0.3, -0.25) is 0 Å². The number of rotatable bonds is 11. The van der Waals surface area contributed by atoms with E-state index in [4.69, 9.17) is 0 Å². The molecule has 0 atom stereocenters. The molecule has 0 aliphatic carbocycles. The Kier molecular flexibility index (Phi) is 9.52. The Labute approximate surface area is 226 Å². The highest BCUT2D eigenvalue weighted by Crippen LogP contribution is 2.37. The fourth-order valence-electron chi connectivity index (χ4n) is 4.83. The molecule has 0 spiro atoms. The summed E-state index contributed by atoms with van der Waals surface area (Å²) in [5.74, 6) is 0. The second kappa shape index (κ2) is 13.6. The van der Waals surface area contributed by atoms with Crippen LogP contribution in [0.3, 0.4) is 0 Å². The van der Waals surface area contributed by atoms with Crippen LogP contribution in [0.2, 0.25) is 12.1 Å². The summed E-state index contributed by atoms with van der Waals surface area (Å²) in [4.78, 5) is 0. The van der Waals surface area contributed by atoms with Crippen molar-refractivity contribution in [1.29, 1.82) is 0 Å². The van der Waals surface area contributed by atoms with E-state index in [1.54, 1.807) is 5.19 Å². The molecule has 0 nitrogen and oxygen atoms in total. The van der Waals surface area contributed by atoms with Gasteiger partial charge in [0.25, 0.3) is 0 Å². The Bertz CT molecular complexity index is 1150. The van der Waals surface area contributed by atoms with E-state index in [2.05, 4.69) is 152 Å². The van der Waals surface area contributed by atoms with Crippen LogP contribution >= 0.6 is 15.8 Å². The summed E-state index contributed by atoms with van der Waals surface area (Å²) in [6.07, 6.45) is 2.50. The molecule has 0 aliphatic heterocycles. The highest BCUT2D eigenvalue weighted by atomic mass is 31.1. The molecule has 0 heterocycles. The van der Waals surface area contributed by atoms with Crippen molar-refractivity contribution in [2.75, 3.05) is 12.3 Å². The Morgan fingerprint density at radius 3 is 0.919 bits per heavy atom. The molecule has 0 N–H and O–H groups in total. The summed E-state index contributed by atoms with van der Waals surface area (Å²) >= 11 is 0. The molecule has 5 rings (SSSR count). The van der Waals surface area contributed by atoms with Crippen molar-refractivity contribution >= 4 is 51.0 Å². The molecular weight excluding hydrogens is 498 g/mol. The number of hydrogen-bond acceptors (Lipinski definition) is 0. The molecule has 0 amide bonds. The van der Waals surface area contributed by atoms with Gasteiger partial charge in [-0.2, -0.15) is 0 Å². The number of benzene rings is 5. The molecule has 0 bridgehead atoms. The van der Waals surface area contributed by atoms with Gasteiger partial charge < -0.3 is 0 Å². The third-order valence-corrected chi connectivity index (χ3v) is 15.5. The van der Waals surface area contributed by atoms with Crippen LogP contribution in [0, 0.1) is 0 Å². The summed E-state index contributed by atoms with van der Waals surface area (Å²) in [7, 11) is -1.42. The van der Waals surface area contributed by atoms with Crippen molar-refractivity contribution in [3.8, 4) is 0 Å². The van der Waals surface area contributed by atoms with Crippen LogP contribution in [0.25, 0.3) is 0 Å². The maximum atomic E-state index is 2.38. The van der Waals surface area contributed by atoms with E-state index in [1.807, 2.05) is 0 Å². The van der Waals surface area contributed by atoms with Crippen molar-refractivity contribution in [1.82, 2.24) is 0 Å². The van der Waals surface area contributed by atoms with E-state index >= 15 is 0 Å². The van der Waals surface area contributed by atoms with Crippen molar-refractivity contribution in [2.24, 2.45) is 0 Å². The van der Waals surface area contributed by atoms with Gasteiger partial charge in [0.2, 0.25) is 0 Å². The van der Waals surface area contributed by atoms with Gasteiger partial charge in [0.15, 0.2) is 0 Å². The molecule has 0 aromatic heterocycles. The van der Waals surface area contributed by atoms with Crippen LogP contribution in [0.1, 0.15) is 0 Å². The third-order valence-electron chi connectivity index (χ3n) is 6.73. The first-order valence-electron chi connectivity index (χ1n) is 13.0. The highest BCUT2D eigenvalue weighted by Gasteiger charge is 2.22. The molecule has 5 aromatic rings. The summed E-state index contributed by atoms with van der Waals surface area (Å²) in [5, 5.41) is 7.56. The van der Waals surface area contributed by atoms with Gasteiger partial charge >= 0.3 is 0 Å². The maximum Gasteiger partial charge on any atom is 0.0863 e. The minimum absolute atomic E-state index is 0.357. The lowest BCUT2D eigenvalue weighted by atomic mass is 10.4. The lowest BCUT2D eigenvalue weighted by Gasteiger charge is -2.24. The fraction of sp³-hybridized carbons (Fsp3) is 0.118. The summed E-state index contributed by atoms with van der Waals surface area (Å²) < 4.78 is 0. The molecule has 37 heavy (non-hydrogen) atoms. The Morgan fingerprint density at radius 1 is 0.351 bits per heavy atom. The van der Waals surface area contributed by atoms with E-state index in [0.717, 1.165) is 0 Å². The molecule has 0 saturated carbocycles. The van der Waals surface area contributed by atoms with E-state index in [-0.39, 0.29) is 15.8 Å². The quantitative estimate of drug-likeness (QED) is 0.132. The average Bonchev–Trinajstić information content (AvgIpc) is 2.99. The first-order valence-corrected chi connectivity index (χ1v) is 18.0. The minimum Gasteiger partial charge on any atom is -0.0633 e. The van der Waals surface area contributed by atoms with Gasteiger partial charge in [-0.1, -0.05) is 169 Å². The SMILES string of the molecule is c1ccc([Si](CCP(c2ccccc2)c2ccccc2)CCP(c2ccccc2)c2ccccc2)cc1. The zero-order valence-electron chi connectivity index (χ0n) is 21.2. The Morgan fingerprint density at radius 2 is 0.622 bits per heavy atom. The monoisotopic (exact) mass is 531 g/mol. The molecule has 0 saturated heterocycles. The van der Waals surface area contributed by atoms with Crippen LogP contribution in [0.15, 0.2) is 152 Å². The predicted molar refractivity (Wildman–Crippen MR) is 169 cm³/mol. The minimum atomic E-state index is -0.708. The van der Waals surface area contributed by atoms with Gasteiger partial charge in [0, 0.05) is 0 Å². The van der Waals surface area contributed by atoms with Gasteiger partial charge in [-0.15, -0.1) is 0 Å². The Balaban J connectivity index is 1.39. The average molecular weight is 532 g/mol. The zero-order chi connectivity index (χ0) is 25.1. The smallest absolute Gasteiger partial charge is 0.0633 e. The van der Waals surface area contributed by atoms with Crippen molar-refractivity contribution in [2.45, 2.75) is 12.1 Å². The van der Waals surface area contributed by atoms with E-state index in [1.165, 1.54) is 45.6 Å². The van der Waals surface area contributed by atoms with E-state index in [0.29, 0.717) is 0 Å². The second-order valence-corrected chi connectivity index (χ2v) is 16.6.